The minimum absolute atomic E-state index is 0.100. The zero-order valence-electron chi connectivity index (χ0n) is 12.5. The molecule has 0 heterocycles. The molecule has 0 fully saturated rings. The van der Waals surface area contributed by atoms with Gasteiger partial charge >= 0.3 is 0 Å². The highest BCUT2D eigenvalue weighted by Gasteiger charge is 2.27. The van der Waals surface area contributed by atoms with E-state index in [1.54, 1.807) is 0 Å². The Labute approximate surface area is 108 Å². The van der Waals surface area contributed by atoms with Crippen LogP contribution in [0.1, 0.15) is 73.1 Å². The Kier molecular flexibility index (Phi) is 8.06. The Morgan fingerprint density at radius 1 is 0.882 bits per heavy atom. The maximum Gasteiger partial charge on any atom is 0.0699 e. The van der Waals surface area contributed by atoms with E-state index < -0.39 is 0 Å². The van der Waals surface area contributed by atoms with Crippen molar-refractivity contribution in [1.29, 1.82) is 0 Å². The van der Waals surface area contributed by atoms with E-state index in [1.807, 2.05) is 0 Å². The summed E-state index contributed by atoms with van der Waals surface area (Å²) in [7, 11) is 0. The Morgan fingerprint density at radius 3 is 1.76 bits per heavy atom. The predicted octanol–water partition coefficient (Wildman–Crippen LogP) is 4.16. The Morgan fingerprint density at radius 2 is 1.41 bits per heavy atom. The second-order valence-corrected chi connectivity index (χ2v) is 5.48. The first-order chi connectivity index (χ1) is 8.01. The summed E-state index contributed by atoms with van der Waals surface area (Å²) in [5.41, 5.74) is 0.309. The molecule has 0 bridgehead atoms. The third kappa shape index (κ3) is 5.39. The van der Waals surface area contributed by atoms with Gasteiger partial charge < -0.3 is 9.84 Å². The number of hydrogen-bond acceptors (Lipinski definition) is 2. The van der Waals surface area contributed by atoms with Crippen LogP contribution in [-0.4, -0.2) is 23.9 Å². The average Bonchev–Trinajstić information content (AvgIpc) is 2.37. The van der Waals surface area contributed by atoms with Gasteiger partial charge in [-0.05, 0) is 31.1 Å². The fraction of sp³-hybridized carbons (Fsp3) is 1.00. The third-order valence-corrected chi connectivity index (χ3v) is 4.68. The van der Waals surface area contributed by atoms with E-state index in [4.69, 9.17) is 9.84 Å². The van der Waals surface area contributed by atoms with Crippen molar-refractivity contribution in [3.8, 4) is 0 Å². The molecular weight excluding hydrogens is 212 g/mol. The number of ether oxygens (including phenoxy) is 1. The van der Waals surface area contributed by atoms with Crippen molar-refractivity contribution in [2.24, 2.45) is 5.41 Å². The van der Waals surface area contributed by atoms with Crippen LogP contribution in [0.4, 0.5) is 0 Å². The first kappa shape index (κ1) is 16.9. The van der Waals surface area contributed by atoms with Crippen molar-refractivity contribution in [2.75, 3.05) is 13.2 Å². The smallest absolute Gasteiger partial charge is 0.0699 e. The van der Waals surface area contributed by atoms with Crippen molar-refractivity contribution >= 4 is 0 Å². The number of hydrogen-bond donors (Lipinski definition) is 1. The van der Waals surface area contributed by atoms with Gasteiger partial charge in [-0.2, -0.15) is 0 Å². The summed E-state index contributed by atoms with van der Waals surface area (Å²) >= 11 is 0. The van der Waals surface area contributed by atoms with Crippen LogP contribution < -0.4 is 0 Å². The molecule has 0 saturated heterocycles. The highest BCUT2D eigenvalue weighted by molar-refractivity contribution is 4.78. The van der Waals surface area contributed by atoms with E-state index in [0.29, 0.717) is 5.41 Å². The molecule has 0 aromatic rings. The van der Waals surface area contributed by atoms with E-state index in [-0.39, 0.29) is 12.2 Å². The van der Waals surface area contributed by atoms with Crippen LogP contribution >= 0.6 is 0 Å². The van der Waals surface area contributed by atoms with Gasteiger partial charge in [0.15, 0.2) is 0 Å². The predicted molar refractivity (Wildman–Crippen MR) is 74.3 cm³/mol. The Hall–Kier alpha value is -0.0800. The highest BCUT2D eigenvalue weighted by Crippen LogP contribution is 2.31. The van der Waals surface area contributed by atoms with Crippen LogP contribution in [0.15, 0.2) is 0 Å². The molecule has 0 atom stereocenters. The van der Waals surface area contributed by atoms with Crippen molar-refractivity contribution in [2.45, 2.75) is 78.7 Å². The highest BCUT2D eigenvalue weighted by atomic mass is 16.5. The van der Waals surface area contributed by atoms with Crippen LogP contribution in [0.5, 0.6) is 0 Å². The van der Waals surface area contributed by atoms with Crippen molar-refractivity contribution in [1.82, 2.24) is 0 Å². The molecule has 0 aromatic heterocycles. The van der Waals surface area contributed by atoms with E-state index >= 15 is 0 Å². The monoisotopic (exact) mass is 244 g/mol. The lowest BCUT2D eigenvalue weighted by molar-refractivity contribution is -0.0745. The average molecular weight is 244 g/mol. The van der Waals surface area contributed by atoms with Crippen LogP contribution in [0.3, 0.4) is 0 Å². The second kappa shape index (κ2) is 8.10. The minimum atomic E-state index is -0.100. The van der Waals surface area contributed by atoms with E-state index in [2.05, 4.69) is 34.6 Å². The van der Waals surface area contributed by atoms with Crippen molar-refractivity contribution in [3.05, 3.63) is 0 Å². The van der Waals surface area contributed by atoms with E-state index in [0.717, 1.165) is 32.3 Å². The molecule has 0 aliphatic rings. The molecule has 0 rings (SSSR count). The quantitative estimate of drug-likeness (QED) is 0.625. The van der Waals surface area contributed by atoms with Gasteiger partial charge in [-0.15, -0.1) is 0 Å². The fourth-order valence-electron chi connectivity index (χ4n) is 2.20. The third-order valence-electron chi connectivity index (χ3n) is 4.68. The van der Waals surface area contributed by atoms with Gasteiger partial charge in [0.25, 0.3) is 0 Å². The fourth-order valence-corrected chi connectivity index (χ4v) is 2.20. The molecule has 0 amide bonds. The molecule has 0 saturated carbocycles. The molecule has 0 aromatic carbocycles. The van der Waals surface area contributed by atoms with Gasteiger partial charge in [0.05, 0.1) is 5.60 Å². The van der Waals surface area contributed by atoms with Crippen LogP contribution in [-0.2, 0) is 4.74 Å². The molecule has 0 aliphatic carbocycles. The second-order valence-electron chi connectivity index (χ2n) is 5.48. The van der Waals surface area contributed by atoms with Gasteiger partial charge in [0.1, 0.15) is 0 Å². The van der Waals surface area contributed by atoms with Gasteiger partial charge in [0.2, 0.25) is 0 Å². The summed E-state index contributed by atoms with van der Waals surface area (Å²) in [4.78, 5) is 0. The molecule has 1 N–H and O–H groups in total. The van der Waals surface area contributed by atoms with Gasteiger partial charge in [0, 0.05) is 13.2 Å². The maximum atomic E-state index is 9.14. The zero-order chi connectivity index (χ0) is 13.4. The van der Waals surface area contributed by atoms with Crippen molar-refractivity contribution in [3.63, 3.8) is 0 Å². The number of aliphatic hydroxyl groups excluding tert-OH is 1. The Bertz CT molecular complexity index is 181. The molecule has 0 aliphatic heterocycles. The normalized spacial score (nSPS) is 13.1. The molecule has 104 valence electrons. The van der Waals surface area contributed by atoms with Gasteiger partial charge in [-0.3, -0.25) is 0 Å². The van der Waals surface area contributed by atoms with Crippen molar-refractivity contribution < 1.29 is 9.84 Å². The van der Waals surface area contributed by atoms with Crippen LogP contribution in [0, 0.1) is 5.41 Å². The standard InChI is InChI=1S/C15H32O2/c1-6-14(5,7-2)11-13-17-15(8-3,9-4)10-12-16/h16H,6-13H2,1-5H3. The maximum absolute atomic E-state index is 9.14. The summed E-state index contributed by atoms with van der Waals surface area (Å²) < 4.78 is 6.11. The largest absolute Gasteiger partial charge is 0.396 e. The minimum Gasteiger partial charge on any atom is -0.396 e. The lowest BCUT2D eigenvalue weighted by Gasteiger charge is -2.34. The summed E-state index contributed by atoms with van der Waals surface area (Å²) in [5.74, 6) is 0. The topological polar surface area (TPSA) is 29.5 Å². The zero-order valence-corrected chi connectivity index (χ0v) is 12.5. The Balaban J connectivity index is 4.22. The van der Waals surface area contributed by atoms with E-state index in [9.17, 15) is 0 Å². The number of rotatable bonds is 10. The first-order valence-corrected chi connectivity index (χ1v) is 7.26. The number of aliphatic hydroxyl groups is 1. The lowest BCUT2D eigenvalue weighted by Crippen LogP contribution is -2.34. The van der Waals surface area contributed by atoms with E-state index in [1.165, 1.54) is 12.8 Å². The SMILES string of the molecule is CCC(C)(CC)CCOC(CC)(CC)CCO. The first-order valence-electron chi connectivity index (χ1n) is 7.26. The molecule has 0 radical (unpaired) electrons. The van der Waals surface area contributed by atoms with Gasteiger partial charge in [-0.1, -0.05) is 47.5 Å². The molecule has 2 nitrogen and oxygen atoms in total. The summed E-state index contributed by atoms with van der Waals surface area (Å²) in [5, 5.41) is 9.14. The van der Waals surface area contributed by atoms with Crippen LogP contribution in [0.2, 0.25) is 0 Å². The molecule has 17 heavy (non-hydrogen) atoms. The summed E-state index contributed by atoms with van der Waals surface area (Å²) in [6.07, 6.45) is 6.26. The van der Waals surface area contributed by atoms with Gasteiger partial charge in [-0.25, -0.2) is 0 Å². The summed E-state index contributed by atoms with van der Waals surface area (Å²) in [6.45, 7) is 12.2. The molecule has 0 unspecified atom stereocenters. The molecule has 0 spiro atoms. The van der Waals surface area contributed by atoms with Crippen LogP contribution in [0.25, 0.3) is 0 Å². The molecular formula is C15H32O2. The molecule has 2 heteroatoms. The summed E-state index contributed by atoms with van der Waals surface area (Å²) in [6, 6.07) is 0. The lowest BCUT2D eigenvalue weighted by atomic mass is 9.82.